The maximum absolute atomic E-state index is 5.73. The van der Waals surface area contributed by atoms with E-state index in [2.05, 4.69) is 18.7 Å². The average molecular weight is 157 g/mol. The molecule has 3 nitrogen and oxygen atoms in total. The summed E-state index contributed by atoms with van der Waals surface area (Å²) in [5.41, 5.74) is 0. The van der Waals surface area contributed by atoms with Gasteiger partial charge < -0.3 is 9.47 Å². The lowest BCUT2D eigenvalue weighted by Crippen LogP contribution is -2.39. The minimum atomic E-state index is -0.348. The minimum Gasteiger partial charge on any atom is -0.336 e. The molecule has 0 spiro atoms. The van der Waals surface area contributed by atoms with Crippen molar-refractivity contribution in [2.45, 2.75) is 32.3 Å². The molecule has 0 unspecified atom stereocenters. The molecule has 0 N–H and O–H groups in total. The molecule has 0 aromatic carbocycles. The van der Waals surface area contributed by atoms with E-state index in [1.54, 1.807) is 0 Å². The van der Waals surface area contributed by atoms with Crippen molar-refractivity contribution in [2.24, 2.45) is 0 Å². The summed E-state index contributed by atoms with van der Waals surface area (Å²) < 4.78 is 11.3. The molecule has 2 saturated heterocycles. The molecule has 0 bridgehead atoms. The van der Waals surface area contributed by atoms with Crippen LogP contribution in [-0.4, -0.2) is 36.6 Å². The van der Waals surface area contributed by atoms with Gasteiger partial charge in [0.1, 0.15) is 0 Å². The van der Waals surface area contributed by atoms with Crippen LogP contribution in [0, 0.1) is 0 Å². The van der Waals surface area contributed by atoms with Crippen LogP contribution in [0.2, 0.25) is 0 Å². The first-order chi connectivity index (χ1) is 5.27. The minimum absolute atomic E-state index is 0.329. The second kappa shape index (κ2) is 2.44. The first-order valence-corrected chi connectivity index (χ1v) is 4.33. The van der Waals surface area contributed by atoms with Crippen molar-refractivity contribution in [1.82, 2.24) is 4.90 Å². The van der Waals surface area contributed by atoms with Crippen molar-refractivity contribution < 1.29 is 9.47 Å². The van der Waals surface area contributed by atoms with E-state index in [4.69, 9.17) is 9.47 Å². The molecule has 0 amide bonds. The van der Waals surface area contributed by atoms with Crippen molar-refractivity contribution in [3.05, 3.63) is 0 Å². The highest BCUT2D eigenvalue weighted by molar-refractivity contribution is 4.85. The van der Waals surface area contributed by atoms with Gasteiger partial charge in [-0.1, -0.05) is 6.92 Å². The van der Waals surface area contributed by atoms with E-state index in [1.165, 1.54) is 0 Å². The molecule has 2 heterocycles. The second-order valence-electron chi connectivity index (χ2n) is 3.29. The second-order valence-corrected chi connectivity index (χ2v) is 3.29. The first-order valence-electron chi connectivity index (χ1n) is 4.33. The number of rotatable bonds is 1. The largest absolute Gasteiger partial charge is 0.336 e. The monoisotopic (exact) mass is 157 g/mol. The maximum Gasteiger partial charge on any atom is 0.230 e. The Hall–Kier alpha value is -0.120. The Morgan fingerprint density at radius 1 is 1.64 bits per heavy atom. The van der Waals surface area contributed by atoms with Gasteiger partial charge in [-0.2, -0.15) is 0 Å². The molecule has 2 aliphatic rings. The van der Waals surface area contributed by atoms with E-state index in [0.29, 0.717) is 6.10 Å². The quantitative estimate of drug-likeness (QED) is 0.562. The fraction of sp³-hybridized carbons (Fsp3) is 1.00. The van der Waals surface area contributed by atoms with Gasteiger partial charge in [0.2, 0.25) is 5.91 Å². The number of nitrogens with zero attached hydrogens (tertiary/aromatic N) is 1. The zero-order valence-corrected chi connectivity index (χ0v) is 7.17. The number of hydrogen-bond acceptors (Lipinski definition) is 3. The predicted molar refractivity (Wildman–Crippen MR) is 41.1 cm³/mol. The van der Waals surface area contributed by atoms with Crippen LogP contribution in [0.5, 0.6) is 0 Å². The van der Waals surface area contributed by atoms with Gasteiger partial charge in [-0.25, -0.2) is 4.90 Å². The van der Waals surface area contributed by atoms with Gasteiger partial charge >= 0.3 is 0 Å². The summed E-state index contributed by atoms with van der Waals surface area (Å²) in [5, 5.41) is 0. The molecule has 0 saturated carbocycles. The Bertz CT molecular complexity index is 162. The van der Waals surface area contributed by atoms with Gasteiger partial charge in [0.05, 0.1) is 12.7 Å². The van der Waals surface area contributed by atoms with Gasteiger partial charge in [0.25, 0.3) is 0 Å². The molecule has 11 heavy (non-hydrogen) atoms. The highest BCUT2D eigenvalue weighted by atomic mass is 16.7. The average Bonchev–Trinajstić information content (AvgIpc) is 2.43. The van der Waals surface area contributed by atoms with Crippen LogP contribution < -0.4 is 0 Å². The van der Waals surface area contributed by atoms with E-state index in [-0.39, 0.29) is 5.91 Å². The Kier molecular flexibility index (Phi) is 1.67. The molecular weight excluding hydrogens is 142 g/mol. The Labute approximate surface area is 67.3 Å². The first kappa shape index (κ1) is 7.53. The maximum atomic E-state index is 5.73. The molecule has 0 aromatic rings. The van der Waals surface area contributed by atoms with Gasteiger partial charge in [-0.05, 0) is 6.92 Å². The third-order valence-electron chi connectivity index (χ3n) is 2.48. The van der Waals surface area contributed by atoms with Gasteiger partial charge in [-0.3, -0.25) is 0 Å². The smallest absolute Gasteiger partial charge is 0.230 e. The van der Waals surface area contributed by atoms with Gasteiger partial charge in [-0.15, -0.1) is 0 Å². The van der Waals surface area contributed by atoms with Crippen LogP contribution in [0.15, 0.2) is 0 Å². The summed E-state index contributed by atoms with van der Waals surface area (Å²) in [4.78, 5) is 2.29. The lowest BCUT2D eigenvalue weighted by molar-refractivity contribution is -0.243. The lowest BCUT2D eigenvalue weighted by Gasteiger charge is -2.27. The lowest BCUT2D eigenvalue weighted by atomic mass is 10.3. The molecule has 64 valence electrons. The van der Waals surface area contributed by atoms with Crippen LogP contribution >= 0.6 is 0 Å². The highest BCUT2D eigenvalue weighted by Crippen LogP contribution is 2.34. The SMILES string of the molecule is CC[C@@]12OCCN1C[C@H](C)O2. The molecular formula is C8H15NO2. The topological polar surface area (TPSA) is 21.7 Å². The van der Waals surface area contributed by atoms with Crippen LogP contribution in [0.25, 0.3) is 0 Å². The van der Waals surface area contributed by atoms with Crippen molar-refractivity contribution >= 4 is 0 Å². The summed E-state index contributed by atoms with van der Waals surface area (Å²) in [5.74, 6) is -0.348. The molecule has 2 aliphatic heterocycles. The summed E-state index contributed by atoms with van der Waals surface area (Å²) >= 11 is 0. The third kappa shape index (κ3) is 0.991. The Balaban J connectivity index is 2.15. The van der Waals surface area contributed by atoms with Crippen molar-refractivity contribution in [3.8, 4) is 0 Å². The van der Waals surface area contributed by atoms with E-state index < -0.39 is 0 Å². The molecule has 0 aromatic heterocycles. The summed E-state index contributed by atoms with van der Waals surface area (Å²) in [6.07, 6.45) is 1.26. The Morgan fingerprint density at radius 2 is 2.45 bits per heavy atom. The third-order valence-corrected chi connectivity index (χ3v) is 2.48. The van der Waals surface area contributed by atoms with Crippen LogP contribution in [0.1, 0.15) is 20.3 Å². The van der Waals surface area contributed by atoms with Crippen molar-refractivity contribution in [2.75, 3.05) is 19.7 Å². The molecule has 3 heteroatoms. The molecule has 2 rings (SSSR count). The molecule has 0 aliphatic carbocycles. The van der Waals surface area contributed by atoms with E-state index in [0.717, 1.165) is 26.1 Å². The number of fused-ring (bicyclic) bond motifs is 1. The summed E-state index contributed by atoms with van der Waals surface area (Å²) in [7, 11) is 0. The van der Waals surface area contributed by atoms with Crippen LogP contribution in [0.4, 0.5) is 0 Å². The fourth-order valence-electron chi connectivity index (χ4n) is 1.99. The van der Waals surface area contributed by atoms with Crippen molar-refractivity contribution in [3.63, 3.8) is 0 Å². The standard InChI is InChI=1S/C8H15NO2/c1-3-8-9(4-5-10-8)6-7(2)11-8/h7H,3-6H2,1-2H3/t7-,8-/m0/s1. The van der Waals surface area contributed by atoms with E-state index in [1.807, 2.05) is 0 Å². The van der Waals surface area contributed by atoms with Crippen LogP contribution in [-0.2, 0) is 9.47 Å². The predicted octanol–water partition coefficient (Wildman–Crippen LogP) is 0.801. The van der Waals surface area contributed by atoms with Crippen LogP contribution in [0.3, 0.4) is 0 Å². The van der Waals surface area contributed by atoms with E-state index in [9.17, 15) is 0 Å². The van der Waals surface area contributed by atoms with Gasteiger partial charge in [0, 0.05) is 19.5 Å². The summed E-state index contributed by atoms with van der Waals surface area (Å²) in [6, 6.07) is 0. The van der Waals surface area contributed by atoms with Gasteiger partial charge in [0.15, 0.2) is 0 Å². The Morgan fingerprint density at radius 3 is 3.09 bits per heavy atom. The fourth-order valence-corrected chi connectivity index (χ4v) is 1.99. The normalized spacial score (nSPS) is 44.7. The van der Waals surface area contributed by atoms with E-state index >= 15 is 0 Å². The summed E-state index contributed by atoms with van der Waals surface area (Å²) in [6.45, 7) is 7.07. The molecule has 2 atom stereocenters. The van der Waals surface area contributed by atoms with Crippen molar-refractivity contribution in [1.29, 1.82) is 0 Å². The zero-order chi connectivity index (χ0) is 7.90. The highest BCUT2D eigenvalue weighted by Gasteiger charge is 2.48. The number of hydrogen-bond donors (Lipinski definition) is 0. The molecule has 0 radical (unpaired) electrons. The molecule has 2 fully saturated rings. The zero-order valence-electron chi connectivity index (χ0n) is 7.17. The number of ether oxygens (including phenoxy) is 2.